The maximum atomic E-state index is 13.4. The maximum Gasteiger partial charge on any atom is 0.264 e. The fourth-order valence-electron chi connectivity index (χ4n) is 3.14. The standard InChI is InChI=1S/C24H21FN4O3S2/c1-16-3-7-18(8-4-16)23-27-28-24(33-23)26-22(30)15-29(20-11-5-17(2)6-12-20)34(31,32)21-13-9-19(25)10-14-21/h3-14H,15H2,1-2H3,(H,26,28,30). The molecule has 4 aromatic rings. The van der Waals surface area contributed by atoms with Crippen molar-refractivity contribution in [3.8, 4) is 10.6 Å². The lowest BCUT2D eigenvalue weighted by Gasteiger charge is -2.24. The first-order chi connectivity index (χ1) is 16.2. The van der Waals surface area contributed by atoms with E-state index in [1.165, 1.54) is 23.5 Å². The zero-order chi connectivity index (χ0) is 24.3. The van der Waals surface area contributed by atoms with Gasteiger partial charge in [-0.25, -0.2) is 12.8 Å². The molecule has 1 N–H and O–H groups in total. The minimum absolute atomic E-state index is 0.125. The Balaban J connectivity index is 1.58. The van der Waals surface area contributed by atoms with Gasteiger partial charge >= 0.3 is 0 Å². The topological polar surface area (TPSA) is 92.3 Å². The van der Waals surface area contributed by atoms with Crippen LogP contribution in [0.2, 0.25) is 0 Å². The second kappa shape index (κ2) is 9.70. The molecular weight excluding hydrogens is 475 g/mol. The molecule has 0 bridgehead atoms. The quantitative estimate of drug-likeness (QED) is 0.397. The van der Waals surface area contributed by atoms with Gasteiger partial charge in [-0.1, -0.05) is 58.9 Å². The van der Waals surface area contributed by atoms with Gasteiger partial charge in [0.1, 0.15) is 17.4 Å². The van der Waals surface area contributed by atoms with Gasteiger partial charge in [-0.3, -0.25) is 14.4 Å². The highest BCUT2D eigenvalue weighted by molar-refractivity contribution is 7.92. The number of rotatable bonds is 7. The summed E-state index contributed by atoms with van der Waals surface area (Å²) >= 11 is 1.19. The molecule has 0 aliphatic heterocycles. The van der Waals surface area contributed by atoms with E-state index in [0.29, 0.717) is 10.7 Å². The van der Waals surface area contributed by atoms with Crippen LogP contribution < -0.4 is 9.62 Å². The molecule has 0 saturated heterocycles. The van der Waals surface area contributed by atoms with Gasteiger partial charge < -0.3 is 0 Å². The first-order valence-electron chi connectivity index (χ1n) is 10.3. The molecule has 4 rings (SSSR count). The van der Waals surface area contributed by atoms with Crippen molar-refractivity contribution in [3.05, 3.63) is 89.7 Å². The lowest BCUT2D eigenvalue weighted by Crippen LogP contribution is -2.38. The molecule has 3 aromatic carbocycles. The summed E-state index contributed by atoms with van der Waals surface area (Å²) in [6, 6.07) is 18.9. The number of nitrogens with one attached hydrogen (secondary N) is 1. The van der Waals surface area contributed by atoms with Gasteiger partial charge in [0.2, 0.25) is 11.0 Å². The van der Waals surface area contributed by atoms with E-state index in [1.807, 2.05) is 38.1 Å². The lowest BCUT2D eigenvalue weighted by molar-refractivity contribution is -0.114. The zero-order valence-electron chi connectivity index (χ0n) is 18.4. The number of sulfonamides is 1. The SMILES string of the molecule is Cc1ccc(-c2nnc(NC(=O)CN(c3ccc(C)cc3)S(=O)(=O)c3ccc(F)cc3)s2)cc1. The molecule has 174 valence electrons. The van der Waals surface area contributed by atoms with Gasteiger partial charge in [-0.2, -0.15) is 0 Å². The Labute approximate surface area is 201 Å². The van der Waals surface area contributed by atoms with Crippen molar-refractivity contribution in [2.45, 2.75) is 18.7 Å². The summed E-state index contributed by atoms with van der Waals surface area (Å²) in [5.74, 6) is -1.14. The summed E-state index contributed by atoms with van der Waals surface area (Å²) in [6.07, 6.45) is 0. The van der Waals surface area contributed by atoms with Crippen molar-refractivity contribution in [2.75, 3.05) is 16.2 Å². The third-order valence-corrected chi connectivity index (χ3v) is 7.66. The summed E-state index contributed by atoms with van der Waals surface area (Å²) in [7, 11) is -4.14. The van der Waals surface area contributed by atoms with Gasteiger partial charge in [0.05, 0.1) is 10.6 Å². The van der Waals surface area contributed by atoms with E-state index in [0.717, 1.165) is 33.1 Å². The fourth-order valence-corrected chi connectivity index (χ4v) is 5.32. The van der Waals surface area contributed by atoms with E-state index in [-0.39, 0.29) is 10.0 Å². The molecule has 0 aliphatic rings. The van der Waals surface area contributed by atoms with E-state index in [2.05, 4.69) is 15.5 Å². The highest BCUT2D eigenvalue weighted by Crippen LogP contribution is 2.27. The molecule has 0 atom stereocenters. The minimum atomic E-state index is -4.14. The maximum absolute atomic E-state index is 13.4. The number of carbonyl (C=O) groups excluding carboxylic acids is 1. The second-order valence-corrected chi connectivity index (χ2v) is 10.5. The van der Waals surface area contributed by atoms with Crippen LogP contribution in [0.4, 0.5) is 15.2 Å². The van der Waals surface area contributed by atoms with Crippen molar-refractivity contribution in [1.82, 2.24) is 10.2 Å². The smallest absolute Gasteiger partial charge is 0.264 e. The normalized spacial score (nSPS) is 11.3. The third-order valence-electron chi connectivity index (χ3n) is 4.98. The van der Waals surface area contributed by atoms with Gasteiger partial charge in [0.25, 0.3) is 10.0 Å². The van der Waals surface area contributed by atoms with E-state index in [9.17, 15) is 17.6 Å². The Hall–Kier alpha value is -3.63. The fraction of sp³-hybridized carbons (Fsp3) is 0.125. The van der Waals surface area contributed by atoms with E-state index >= 15 is 0 Å². The number of aryl methyl sites for hydroxylation is 2. The summed E-state index contributed by atoms with van der Waals surface area (Å²) in [6.45, 7) is 3.36. The van der Waals surface area contributed by atoms with Gasteiger partial charge in [0.15, 0.2) is 0 Å². The van der Waals surface area contributed by atoms with Crippen molar-refractivity contribution >= 4 is 38.1 Å². The summed E-state index contributed by atoms with van der Waals surface area (Å²) in [5.41, 5.74) is 3.22. The highest BCUT2D eigenvalue weighted by atomic mass is 32.2. The first-order valence-corrected chi connectivity index (χ1v) is 12.5. The van der Waals surface area contributed by atoms with Crippen LogP contribution in [0.25, 0.3) is 10.6 Å². The summed E-state index contributed by atoms with van der Waals surface area (Å²) in [5, 5.41) is 11.6. The molecule has 0 unspecified atom stereocenters. The molecule has 0 aliphatic carbocycles. The monoisotopic (exact) mass is 496 g/mol. The van der Waals surface area contributed by atoms with Crippen LogP contribution in [-0.2, 0) is 14.8 Å². The Morgan fingerprint density at radius 1 is 0.912 bits per heavy atom. The number of carbonyl (C=O) groups is 1. The van der Waals surface area contributed by atoms with Gasteiger partial charge in [-0.05, 0) is 50.2 Å². The molecule has 1 heterocycles. The van der Waals surface area contributed by atoms with Crippen LogP contribution in [-0.4, -0.2) is 31.1 Å². The lowest BCUT2D eigenvalue weighted by atomic mass is 10.2. The highest BCUT2D eigenvalue weighted by Gasteiger charge is 2.27. The average molecular weight is 497 g/mol. The predicted molar refractivity (Wildman–Crippen MR) is 131 cm³/mol. The van der Waals surface area contributed by atoms with E-state index in [4.69, 9.17) is 0 Å². The van der Waals surface area contributed by atoms with Crippen molar-refractivity contribution in [3.63, 3.8) is 0 Å². The summed E-state index contributed by atoms with van der Waals surface area (Å²) < 4.78 is 41.0. The predicted octanol–water partition coefficient (Wildman–Crippen LogP) is 4.80. The molecule has 7 nitrogen and oxygen atoms in total. The molecule has 0 spiro atoms. The number of amides is 1. The average Bonchev–Trinajstić information content (AvgIpc) is 3.27. The van der Waals surface area contributed by atoms with Crippen molar-refractivity contribution in [2.24, 2.45) is 0 Å². The van der Waals surface area contributed by atoms with E-state index < -0.39 is 28.3 Å². The van der Waals surface area contributed by atoms with Gasteiger partial charge in [-0.15, -0.1) is 10.2 Å². The Morgan fingerprint density at radius 3 is 2.12 bits per heavy atom. The van der Waals surface area contributed by atoms with Crippen molar-refractivity contribution in [1.29, 1.82) is 0 Å². The summed E-state index contributed by atoms with van der Waals surface area (Å²) in [4.78, 5) is 12.7. The number of hydrogen-bond acceptors (Lipinski definition) is 6. The third kappa shape index (κ3) is 5.29. The van der Waals surface area contributed by atoms with E-state index in [1.54, 1.807) is 24.3 Å². The minimum Gasteiger partial charge on any atom is -0.299 e. The Kier molecular flexibility index (Phi) is 6.71. The molecule has 0 fully saturated rings. The molecule has 0 radical (unpaired) electrons. The molecular formula is C24H21FN4O3S2. The molecule has 1 aromatic heterocycles. The Bertz CT molecular complexity index is 1400. The second-order valence-electron chi connectivity index (χ2n) is 7.63. The molecule has 1 amide bonds. The van der Waals surface area contributed by atoms with Crippen LogP contribution in [0.15, 0.2) is 77.7 Å². The number of nitrogens with zero attached hydrogens (tertiary/aromatic N) is 3. The van der Waals surface area contributed by atoms with Gasteiger partial charge in [0, 0.05) is 5.56 Å². The van der Waals surface area contributed by atoms with Crippen LogP contribution in [0.1, 0.15) is 11.1 Å². The van der Waals surface area contributed by atoms with Crippen LogP contribution in [0.3, 0.4) is 0 Å². The number of anilines is 2. The molecule has 10 heteroatoms. The number of hydrogen-bond donors (Lipinski definition) is 1. The zero-order valence-corrected chi connectivity index (χ0v) is 20.0. The first kappa shape index (κ1) is 23.5. The largest absolute Gasteiger partial charge is 0.299 e. The number of benzene rings is 3. The van der Waals surface area contributed by atoms with Crippen LogP contribution >= 0.6 is 11.3 Å². The number of aromatic nitrogens is 2. The Morgan fingerprint density at radius 2 is 1.50 bits per heavy atom. The van der Waals surface area contributed by atoms with Crippen LogP contribution in [0, 0.1) is 19.7 Å². The number of halogens is 1. The van der Waals surface area contributed by atoms with Crippen LogP contribution in [0.5, 0.6) is 0 Å². The molecule has 0 saturated carbocycles. The molecule has 34 heavy (non-hydrogen) atoms. The van der Waals surface area contributed by atoms with Crippen molar-refractivity contribution < 1.29 is 17.6 Å².